The maximum atomic E-state index is 11.1. The van der Waals surface area contributed by atoms with Crippen molar-refractivity contribution >= 4 is 9.84 Å². The molecule has 0 radical (unpaired) electrons. The molecule has 0 spiro atoms. The monoisotopic (exact) mass is 265 g/mol. The summed E-state index contributed by atoms with van der Waals surface area (Å²) in [7, 11) is -2.96. The number of sulfone groups is 1. The third-order valence-corrected chi connectivity index (χ3v) is 3.75. The average Bonchev–Trinajstić information content (AvgIpc) is 2.09. The molecule has 0 aromatic rings. The molecule has 0 saturated carbocycles. The summed E-state index contributed by atoms with van der Waals surface area (Å²) in [5.74, 6) is 0.669. The molecular weight excluding hydrogens is 238 g/mol. The van der Waals surface area contributed by atoms with E-state index < -0.39 is 15.4 Å². The minimum atomic E-state index is -2.96. The Morgan fingerprint density at radius 2 is 1.82 bits per heavy atom. The van der Waals surface area contributed by atoms with E-state index in [4.69, 9.17) is 0 Å². The molecule has 2 atom stereocenters. The van der Waals surface area contributed by atoms with Gasteiger partial charge in [-0.3, -0.25) is 0 Å². The number of hydrogen-bond acceptors (Lipinski definition) is 4. The van der Waals surface area contributed by atoms with Gasteiger partial charge in [0.2, 0.25) is 0 Å². The molecule has 0 rings (SSSR count). The maximum Gasteiger partial charge on any atom is 0.148 e. The van der Waals surface area contributed by atoms with E-state index in [1.165, 1.54) is 6.26 Å². The molecular formula is C12H27NO3S. The van der Waals surface area contributed by atoms with Crippen LogP contribution < -0.4 is 5.32 Å². The second-order valence-corrected chi connectivity index (χ2v) is 7.99. The lowest BCUT2D eigenvalue weighted by Gasteiger charge is -2.26. The van der Waals surface area contributed by atoms with Crippen LogP contribution in [0, 0.1) is 5.92 Å². The molecule has 104 valence electrons. The average molecular weight is 265 g/mol. The predicted octanol–water partition coefficient (Wildman–Crippen LogP) is 1.20. The first-order chi connectivity index (χ1) is 7.52. The van der Waals surface area contributed by atoms with Crippen LogP contribution in [0.5, 0.6) is 0 Å². The smallest absolute Gasteiger partial charge is 0.148 e. The van der Waals surface area contributed by atoms with Gasteiger partial charge < -0.3 is 10.4 Å². The fourth-order valence-electron chi connectivity index (χ4n) is 1.60. The molecule has 4 nitrogen and oxygen atoms in total. The van der Waals surface area contributed by atoms with Crippen LogP contribution in [0.2, 0.25) is 0 Å². The summed E-state index contributed by atoms with van der Waals surface area (Å²) in [5, 5.41) is 13.2. The molecule has 5 heteroatoms. The van der Waals surface area contributed by atoms with Crippen molar-refractivity contribution in [2.45, 2.75) is 52.2 Å². The van der Waals surface area contributed by atoms with E-state index in [9.17, 15) is 13.5 Å². The highest BCUT2D eigenvalue weighted by Crippen LogP contribution is 2.15. The van der Waals surface area contributed by atoms with Crippen LogP contribution in [-0.4, -0.2) is 43.7 Å². The Balaban J connectivity index is 4.00. The molecule has 2 N–H and O–H groups in total. The minimum Gasteiger partial charge on any atom is -0.389 e. The summed E-state index contributed by atoms with van der Waals surface area (Å²) in [5.41, 5.74) is -0.768. The molecule has 2 unspecified atom stereocenters. The predicted molar refractivity (Wildman–Crippen MR) is 71.9 cm³/mol. The molecule has 17 heavy (non-hydrogen) atoms. The van der Waals surface area contributed by atoms with Crippen molar-refractivity contribution in [2.75, 3.05) is 18.6 Å². The molecule has 0 fully saturated rings. The first-order valence-corrected chi connectivity index (χ1v) is 8.21. The molecule has 0 amide bonds. The Kier molecular flexibility index (Phi) is 6.66. The van der Waals surface area contributed by atoms with Crippen molar-refractivity contribution in [3.63, 3.8) is 0 Å². The summed E-state index contributed by atoms with van der Waals surface area (Å²) < 4.78 is 22.2. The van der Waals surface area contributed by atoms with Gasteiger partial charge >= 0.3 is 0 Å². The Morgan fingerprint density at radius 1 is 1.29 bits per heavy atom. The Hall–Kier alpha value is -0.130. The summed E-state index contributed by atoms with van der Waals surface area (Å²) in [4.78, 5) is 0. The van der Waals surface area contributed by atoms with Gasteiger partial charge in [0, 0.05) is 18.8 Å². The topological polar surface area (TPSA) is 66.4 Å². The van der Waals surface area contributed by atoms with E-state index in [-0.39, 0.29) is 11.8 Å². The van der Waals surface area contributed by atoms with E-state index in [0.717, 1.165) is 12.8 Å². The van der Waals surface area contributed by atoms with Crippen molar-refractivity contribution < 1.29 is 13.5 Å². The molecule has 0 aromatic heterocycles. The van der Waals surface area contributed by atoms with Gasteiger partial charge in [-0.05, 0) is 32.6 Å². The molecule has 0 aliphatic carbocycles. The van der Waals surface area contributed by atoms with Crippen molar-refractivity contribution in [1.29, 1.82) is 0 Å². The van der Waals surface area contributed by atoms with Crippen LogP contribution in [0.25, 0.3) is 0 Å². The summed E-state index contributed by atoms with van der Waals surface area (Å²) >= 11 is 0. The highest BCUT2D eigenvalue weighted by atomic mass is 32.2. The lowest BCUT2D eigenvalue weighted by Crippen LogP contribution is -2.43. The van der Waals surface area contributed by atoms with Crippen LogP contribution >= 0.6 is 0 Å². The van der Waals surface area contributed by atoms with Gasteiger partial charge in [0.15, 0.2) is 0 Å². The molecule has 0 aliphatic rings. The van der Waals surface area contributed by atoms with Gasteiger partial charge in [0.05, 0.1) is 11.4 Å². The van der Waals surface area contributed by atoms with Gasteiger partial charge in [-0.1, -0.05) is 13.8 Å². The summed E-state index contributed by atoms with van der Waals surface area (Å²) in [6.45, 7) is 8.27. The van der Waals surface area contributed by atoms with Gasteiger partial charge in [-0.15, -0.1) is 0 Å². The summed E-state index contributed by atoms with van der Waals surface area (Å²) in [6.07, 6.45) is 2.92. The number of hydrogen-bond donors (Lipinski definition) is 2. The highest BCUT2D eigenvalue weighted by molar-refractivity contribution is 7.90. The van der Waals surface area contributed by atoms with Crippen molar-refractivity contribution in [3.8, 4) is 0 Å². The zero-order valence-corrected chi connectivity index (χ0v) is 12.5. The quantitative estimate of drug-likeness (QED) is 0.692. The SMILES string of the molecule is CC(C)CCC(C)(O)CNC(C)CS(C)(=O)=O. The van der Waals surface area contributed by atoms with Gasteiger partial charge in [-0.2, -0.15) is 0 Å². The molecule has 0 aliphatic heterocycles. The van der Waals surface area contributed by atoms with Crippen LogP contribution in [0.1, 0.15) is 40.5 Å². The lowest BCUT2D eigenvalue weighted by atomic mass is 9.95. The van der Waals surface area contributed by atoms with E-state index >= 15 is 0 Å². The second-order valence-electron chi connectivity index (χ2n) is 5.80. The first kappa shape index (κ1) is 16.9. The molecule has 0 heterocycles. The van der Waals surface area contributed by atoms with Crippen LogP contribution in [0.4, 0.5) is 0 Å². The first-order valence-electron chi connectivity index (χ1n) is 6.15. The van der Waals surface area contributed by atoms with Crippen molar-refractivity contribution in [1.82, 2.24) is 5.32 Å². The lowest BCUT2D eigenvalue weighted by molar-refractivity contribution is 0.0436. The fraction of sp³-hybridized carbons (Fsp3) is 1.00. The Bertz CT molecular complexity index is 310. The van der Waals surface area contributed by atoms with Crippen molar-refractivity contribution in [2.24, 2.45) is 5.92 Å². The minimum absolute atomic E-state index is 0.104. The molecule has 0 aromatic carbocycles. The van der Waals surface area contributed by atoms with Gasteiger partial charge in [0.25, 0.3) is 0 Å². The van der Waals surface area contributed by atoms with E-state index in [1.807, 2.05) is 6.92 Å². The number of nitrogens with one attached hydrogen (secondary N) is 1. The third kappa shape index (κ3) is 10.7. The fourth-order valence-corrected chi connectivity index (χ4v) is 2.62. The Morgan fingerprint density at radius 3 is 2.24 bits per heavy atom. The number of aliphatic hydroxyl groups is 1. The van der Waals surface area contributed by atoms with Crippen LogP contribution in [0.15, 0.2) is 0 Å². The normalized spacial score (nSPS) is 18.1. The molecule has 0 bridgehead atoms. The largest absolute Gasteiger partial charge is 0.389 e. The summed E-state index contributed by atoms with van der Waals surface area (Å²) in [6, 6.07) is -0.129. The van der Waals surface area contributed by atoms with E-state index in [2.05, 4.69) is 19.2 Å². The van der Waals surface area contributed by atoms with Crippen molar-refractivity contribution in [3.05, 3.63) is 0 Å². The number of rotatable bonds is 8. The van der Waals surface area contributed by atoms with Crippen LogP contribution in [-0.2, 0) is 9.84 Å². The Labute approximate surface area is 106 Å². The second kappa shape index (κ2) is 6.71. The molecule has 0 saturated heterocycles. The van der Waals surface area contributed by atoms with E-state index in [1.54, 1.807) is 6.92 Å². The zero-order chi connectivity index (χ0) is 13.7. The standard InChI is InChI=1S/C12H27NO3S/c1-10(2)6-7-12(4,14)9-13-11(3)8-17(5,15)16/h10-11,13-14H,6-9H2,1-5H3. The van der Waals surface area contributed by atoms with Gasteiger partial charge in [0.1, 0.15) is 9.84 Å². The third-order valence-electron chi connectivity index (χ3n) is 2.64. The van der Waals surface area contributed by atoms with Crippen LogP contribution in [0.3, 0.4) is 0 Å². The van der Waals surface area contributed by atoms with Gasteiger partial charge in [-0.25, -0.2) is 8.42 Å². The highest BCUT2D eigenvalue weighted by Gasteiger charge is 2.21. The van der Waals surface area contributed by atoms with E-state index in [0.29, 0.717) is 12.5 Å². The maximum absolute atomic E-state index is 11.1. The zero-order valence-electron chi connectivity index (χ0n) is 11.7.